The molecule has 0 aliphatic carbocycles. The van der Waals surface area contributed by atoms with Crippen LogP contribution in [0.25, 0.3) is 0 Å². The molecule has 1 atom stereocenters. The van der Waals surface area contributed by atoms with Crippen molar-refractivity contribution in [2.24, 2.45) is 5.73 Å². The summed E-state index contributed by atoms with van der Waals surface area (Å²) in [6, 6.07) is 1.75. The average molecular weight is 181 g/mol. The second-order valence-corrected chi connectivity index (χ2v) is 3.05. The summed E-state index contributed by atoms with van der Waals surface area (Å²) < 4.78 is 0. The summed E-state index contributed by atoms with van der Waals surface area (Å²) in [5.41, 5.74) is 6.22. The highest BCUT2D eigenvalue weighted by atomic mass is 16.1. The van der Waals surface area contributed by atoms with E-state index in [0.29, 0.717) is 13.1 Å². The van der Waals surface area contributed by atoms with E-state index >= 15 is 0 Å². The molecule has 1 aromatic rings. The Morgan fingerprint density at radius 2 is 2.46 bits per heavy atom. The van der Waals surface area contributed by atoms with Gasteiger partial charge in [0.1, 0.15) is 0 Å². The van der Waals surface area contributed by atoms with Gasteiger partial charge < -0.3 is 16.0 Å². The van der Waals surface area contributed by atoms with E-state index in [-0.39, 0.29) is 11.5 Å². The van der Waals surface area contributed by atoms with Crippen molar-refractivity contribution in [3.8, 4) is 0 Å². The fourth-order valence-corrected chi connectivity index (χ4v) is 0.956. The summed E-state index contributed by atoms with van der Waals surface area (Å²) in [5.74, 6) is 0. The molecule has 0 radical (unpaired) electrons. The lowest BCUT2D eigenvalue weighted by Gasteiger charge is -2.09. The van der Waals surface area contributed by atoms with Gasteiger partial charge >= 0.3 is 0 Å². The lowest BCUT2D eigenvalue weighted by molar-refractivity contribution is 0.554. The van der Waals surface area contributed by atoms with Gasteiger partial charge in [0.05, 0.1) is 0 Å². The number of aromatic amines is 1. The van der Waals surface area contributed by atoms with Crippen LogP contribution in [0, 0.1) is 0 Å². The molecule has 0 aromatic carbocycles. The summed E-state index contributed by atoms with van der Waals surface area (Å²) in [4.78, 5) is 14.1. The molecule has 4 N–H and O–H groups in total. The van der Waals surface area contributed by atoms with Gasteiger partial charge in [-0.15, -0.1) is 0 Å². The molecule has 0 aliphatic rings. The minimum Gasteiger partial charge on any atom is -0.367 e. The Hall–Kier alpha value is -1.13. The molecule has 4 nitrogen and oxygen atoms in total. The van der Waals surface area contributed by atoms with Gasteiger partial charge in [-0.2, -0.15) is 0 Å². The number of hydrogen-bond acceptors (Lipinski definition) is 3. The number of pyridine rings is 1. The fourth-order valence-electron chi connectivity index (χ4n) is 0.956. The van der Waals surface area contributed by atoms with E-state index < -0.39 is 0 Å². The van der Waals surface area contributed by atoms with Gasteiger partial charge in [0.15, 0.2) is 5.43 Å². The number of H-pyrrole nitrogens is 1. The van der Waals surface area contributed by atoms with E-state index in [4.69, 9.17) is 5.73 Å². The molecule has 0 saturated carbocycles. The maximum Gasteiger partial charge on any atom is 0.186 e. The first-order valence-corrected chi connectivity index (χ1v) is 4.33. The highest BCUT2D eigenvalue weighted by molar-refractivity contribution is 5.08. The summed E-state index contributed by atoms with van der Waals surface area (Å²) in [7, 11) is 0. The molecule has 0 unspecified atom stereocenters. The first-order valence-electron chi connectivity index (χ1n) is 4.33. The first kappa shape index (κ1) is 9.95. The normalized spacial score (nSPS) is 12.8. The zero-order valence-electron chi connectivity index (χ0n) is 7.71. The van der Waals surface area contributed by atoms with E-state index in [9.17, 15) is 4.79 Å². The van der Waals surface area contributed by atoms with Crippen LogP contribution in [0.2, 0.25) is 0 Å². The SMILES string of the molecule is C[C@@H](CN)NCc1c[nH]ccc1=O. The molecule has 13 heavy (non-hydrogen) atoms. The van der Waals surface area contributed by atoms with Crippen molar-refractivity contribution in [2.75, 3.05) is 6.54 Å². The minimum absolute atomic E-state index is 0.0514. The molecule has 0 fully saturated rings. The first-order chi connectivity index (χ1) is 6.24. The monoisotopic (exact) mass is 181 g/mol. The predicted molar refractivity (Wildman–Crippen MR) is 52.4 cm³/mol. The van der Waals surface area contributed by atoms with Gasteiger partial charge in [-0.05, 0) is 6.92 Å². The van der Waals surface area contributed by atoms with Crippen molar-refractivity contribution in [1.82, 2.24) is 10.3 Å². The molecule has 0 saturated heterocycles. The summed E-state index contributed by atoms with van der Waals surface area (Å²) in [6.07, 6.45) is 3.33. The summed E-state index contributed by atoms with van der Waals surface area (Å²) in [6.45, 7) is 3.12. The molecule has 0 aliphatic heterocycles. The summed E-state index contributed by atoms with van der Waals surface area (Å²) >= 11 is 0. The van der Waals surface area contributed by atoms with Gasteiger partial charge in [-0.1, -0.05) is 0 Å². The van der Waals surface area contributed by atoms with Crippen LogP contribution in [0.1, 0.15) is 12.5 Å². The molecule has 0 amide bonds. The molecule has 0 bridgehead atoms. The van der Waals surface area contributed by atoms with E-state index in [1.807, 2.05) is 6.92 Å². The number of nitrogens with two attached hydrogens (primary N) is 1. The third kappa shape index (κ3) is 3.01. The van der Waals surface area contributed by atoms with E-state index in [1.165, 1.54) is 6.07 Å². The maximum atomic E-state index is 11.2. The van der Waals surface area contributed by atoms with E-state index in [1.54, 1.807) is 12.4 Å². The van der Waals surface area contributed by atoms with Crippen LogP contribution in [0.5, 0.6) is 0 Å². The Bertz CT molecular complexity index is 308. The Morgan fingerprint density at radius 3 is 3.08 bits per heavy atom. The van der Waals surface area contributed by atoms with Crippen molar-refractivity contribution in [1.29, 1.82) is 0 Å². The van der Waals surface area contributed by atoms with Crippen LogP contribution in [0.3, 0.4) is 0 Å². The predicted octanol–water partition coefficient (Wildman–Crippen LogP) is -0.188. The van der Waals surface area contributed by atoms with Crippen LogP contribution in [-0.2, 0) is 6.54 Å². The van der Waals surface area contributed by atoms with E-state index in [0.717, 1.165) is 5.56 Å². The molecule has 0 spiro atoms. The molecular weight excluding hydrogens is 166 g/mol. The van der Waals surface area contributed by atoms with Gasteiger partial charge in [0.2, 0.25) is 0 Å². The van der Waals surface area contributed by atoms with Crippen LogP contribution in [0.15, 0.2) is 23.3 Å². The van der Waals surface area contributed by atoms with Gasteiger partial charge in [0, 0.05) is 43.2 Å². The van der Waals surface area contributed by atoms with Crippen LogP contribution in [0.4, 0.5) is 0 Å². The van der Waals surface area contributed by atoms with Crippen molar-refractivity contribution >= 4 is 0 Å². The van der Waals surface area contributed by atoms with Crippen LogP contribution >= 0.6 is 0 Å². The molecular formula is C9H15N3O. The third-order valence-corrected chi connectivity index (χ3v) is 1.90. The lowest BCUT2D eigenvalue weighted by atomic mass is 10.2. The third-order valence-electron chi connectivity index (χ3n) is 1.90. The van der Waals surface area contributed by atoms with Crippen molar-refractivity contribution in [2.45, 2.75) is 19.5 Å². The molecule has 1 rings (SSSR count). The topological polar surface area (TPSA) is 70.9 Å². The van der Waals surface area contributed by atoms with Gasteiger partial charge in [-0.3, -0.25) is 4.79 Å². The standard InChI is InChI=1S/C9H15N3O/c1-7(4-10)12-6-8-5-11-3-2-9(8)13/h2-3,5,7,12H,4,6,10H2,1H3,(H,11,13)/t7-/m0/s1. The lowest BCUT2D eigenvalue weighted by Crippen LogP contribution is -2.33. The second kappa shape index (κ2) is 4.79. The second-order valence-electron chi connectivity index (χ2n) is 3.05. The highest BCUT2D eigenvalue weighted by Crippen LogP contribution is 1.88. The Labute approximate surface area is 77.2 Å². The van der Waals surface area contributed by atoms with Gasteiger partial charge in [0.25, 0.3) is 0 Å². The van der Waals surface area contributed by atoms with Crippen LogP contribution < -0.4 is 16.5 Å². The maximum absolute atomic E-state index is 11.2. The average Bonchev–Trinajstić information content (AvgIpc) is 2.16. The Morgan fingerprint density at radius 1 is 1.69 bits per heavy atom. The van der Waals surface area contributed by atoms with E-state index in [2.05, 4.69) is 10.3 Å². The zero-order chi connectivity index (χ0) is 9.68. The van der Waals surface area contributed by atoms with Gasteiger partial charge in [-0.25, -0.2) is 0 Å². The zero-order valence-corrected chi connectivity index (χ0v) is 7.71. The Balaban J connectivity index is 2.55. The van der Waals surface area contributed by atoms with Crippen molar-refractivity contribution < 1.29 is 0 Å². The smallest absolute Gasteiger partial charge is 0.186 e. The number of rotatable bonds is 4. The minimum atomic E-state index is 0.0514. The van der Waals surface area contributed by atoms with Crippen molar-refractivity contribution in [3.05, 3.63) is 34.2 Å². The fraction of sp³-hybridized carbons (Fsp3) is 0.444. The molecule has 1 heterocycles. The highest BCUT2D eigenvalue weighted by Gasteiger charge is 2.00. The van der Waals surface area contributed by atoms with Crippen LogP contribution in [-0.4, -0.2) is 17.6 Å². The molecule has 1 aromatic heterocycles. The number of hydrogen-bond donors (Lipinski definition) is 3. The number of aromatic nitrogens is 1. The quantitative estimate of drug-likeness (QED) is 0.603. The largest absolute Gasteiger partial charge is 0.367 e. The molecule has 4 heteroatoms. The summed E-state index contributed by atoms with van der Waals surface area (Å²) in [5, 5.41) is 3.14. The van der Waals surface area contributed by atoms with Crippen molar-refractivity contribution in [3.63, 3.8) is 0 Å². The molecule has 72 valence electrons. The number of nitrogens with one attached hydrogen (secondary N) is 2. The Kier molecular flexibility index (Phi) is 3.67.